The van der Waals surface area contributed by atoms with Crippen molar-refractivity contribution in [3.63, 3.8) is 0 Å². The van der Waals surface area contributed by atoms with Crippen LogP contribution >= 0.6 is 70.2 Å². The summed E-state index contributed by atoms with van der Waals surface area (Å²) in [6, 6.07) is 7.77. The number of benzene rings is 4. The Hall–Kier alpha value is -2.40. The van der Waals surface area contributed by atoms with Gasteiger partial charge in [-0.1, -0.05) is 259 Å². The smallest absolute Gasteiger partial charge is 0.420 e. The average molecular weight is 1650 g/mol. The first-order valence-electron chi connectivity index (χ1n) is 37.2. The van der Waals surface area contributed by atoms with Gasteiger partial charge in [0.15, 0.2) is 0 Å². The largest absolute Gasteiger partial charge is 0.481 e. The van der Waals surface area contributed by atoms with Gasteiger partial charge in [0.1, 0.15) is 46.0 Å². The Balaban J connectivity index is 2.11. The lowest BCUT2D eigenvalue weighted by molar-refractivity contribution is 0.464. The second kappa shape index (κ2) is 52.7. The molecule has 0 heterocycles. The van der Waals surface area contributed by atoms with Crippen molar-refractivity contribution in [1.82, 2.24) is 0 Å². The zero-order valence-electron chi connectivity index (χ0n) is 60.1. The Morgan fingerprint density at radius 3 is 0.413 bits per heavy atom. The maximum absolute atomic E-state index is 15.4. The number of unbranched alkanes of at least 4 members (excludes halogenated alkanes) is 32. The monoisotopic (exact) mass is 1650 g/mol. The third-order valence-electron chi connectivity index (χ3n) is 19.3. The van der Waals surface area contributed by atoms with Gasteiger partial charge in [0.25, 0.3) is 0 Å². The molecular weight excluding hydrogens is 1540 g/mol. The van der Waals surface area contributed by atoms with Crippen LogP contribution in [0.4, 0.5) is 67.2 Å². The molecule has 104 heavy (non-hydrogen) atoms. The van der Waals surface area contributed by atoms with Crippen LogP contribution in [0.3, 0.4) is 0 Å². The number of rotatable bonds is 56. The lowest BCUT2D eigenvalue weighted by Crippen LogP contribution is -2.14. The minimum Gasteiger partial charge on any atom is -0.420 e. The topological polar surface area (TPSA) is 73.8 Å². The summed E-state index contributed by atoms with van der Waals surface area (Å²) in [6.07, 6.45) is 26.4. The summed E-state index contributed by atoms with van der Waals surface area (Å²) in [7, 11) is -35.9. The van der Waals surface area contributed by atoms with Crippen LogP contribution in [0.2, 0.25) is 0 Å². The summed E-state index contributed by atoms with van der Waals surface area (Å²) >= 11 is 0. The van der Waals surface area contributed by atoms with E-state index in [4.69, 9.17) is 36.2 Å². The first-order valence-corrected chi connectivity index (χ1v) is 45.5. The van der Waals surface area contributed by atoms with Crippen LogP contribution in [0, 0.1) is 0 Å². The molecule has 32 heteroatoms. The van der Waals surface area contributed by atoms with Gasteiger partial charge in [-0.15, -0.1) is 67.2 Å². The molecular formula is C72H104F16O8P8. The summed E-state index contributed by atoms with van der Waals surface area (Å²) in [6.45, 7) is 8.30. The Kier molecular flexibility index (Phi) is 46.7. The average Bonchev–Trinajstić information content (AvgIpc) is 0.749. The van der Waals surface area contributed by atoms with Gasteiger partial charge < -0.3 is 36.2 Å². The van der Waals surface area contributed by atoms with Crippen LogP contribution in [0.1, 0.15) is 353 Å². The standard InChI is InChI=1S/C72H104F16O8P8/c1-5-9-13-17-21-25-29-33-37-41-53-57-45-59(67(91-99(77)78)49-65(57)89-97(73)74)54(42-38-34-30-26-22-18-14-10-6-2)61-47-63(71(95-103(85)86)51-69(61)93-101(81)82)56(44-40-36-32-28-24-20-16-12-8-4)64-48-62(70(94-102(83)84)52-72(64)96-104(87)88)55(43-39-35-31-27-23-19-15-11-7-3)60-46-58(53)66(90-98(75)76)50-68(60)92-100(79)80/h45-56H,5-44H2,1-4H3. The summed E-state index contributed by atoms with van der Waals surface area (Å²) in [5, 5.41) is 0. The molecule has 0 saturated carbocycles. The number of hydrogen-bond acceptors (Lipinski definition) is 8. The van der Waals surface area contributed by atoms with Crippen molar-refractivity contribution in [2.75, 3.05) is 0 Å². The van der Waals surface area contributed by atoms with E-state index in [9.17, 15) is 0 Å². The first-order chi connectivity index (χ1) is 50.1. The molecule has 0 N–H and O–H groups in total. The van der Waals surface area contributed by atoms with Crippen molar-refractivity contribution in [1.29, 1.82) is 0 Å². The highest BCUT2D eigenvalue weighted by Crippen LogP contribution is 2.61. The molecule has 592 valence electrons. The van der Waals surface area contributed by atoms with E-state index in [1.165, 1.54) is 24.3 Å². The quantitative estimate of drug-likeness (QED) is 0.0246. The maximum Gasteiger partial charge on any atom is 0.481 e. The van der Waals surface area contributed by atoms with Gasteiger partial charge >= 0.3 is 70.2 Å². The minimum atomic E-state index is -4.49. The third kappa shape index (κ3) is 33.7. The molecule has 4 aromatic rings. The molecule has 0 saturated heterocycles. The zero-order chi connectivity index (χ0) is 75.8. The molecule has 0 atom stereocenters. The van der Waals surface area contributed by atoms with Crippen molar-refractivity contribution in [2.24, 2.45) is 0 Å². The van der Waals surface area contributed by atoms with Crippen molar-refractivity contribution >= 4 is 70.2 Å². The number of fused-ring (bicyclic) bond motifs is 8. The summed E-state index contributed by atoms with van der Waals surface area (Å²) in [5.74, 6) is -12.5. The zero-order valence-corrected chi connectivity index (χ0v) is 67.3. The summed E-state index contributed by atoms with van der Waals surface area (Å²) in [4.78, 5) is 0. The molecule has 0 radical (unpaired) electrons. The van der Waals surface area contributed by atoms with Crippen molar-refractivity contribution in [3.8, 4) is 46.0 Å². The Bertz CT molecular complexity index is 2490. The second-order valence-electron chi connectivity index (χ2n) is 26.7. The second-order valence-corrected chi connectivity index (χ2v) is 31.4. The fraction of sp³-hybridized carbons (Fsp3) is 0.667. The molecule has 0 amide bonds. The predicted molar refractivity (Wildman–Crippen MR) is 399 cm³/mol. The molecule has 4 aromatic carbocycles. The number of hydrogen-bond donors (Lipinski definition) is 0. The van der Waals surface area contributed by atoms with E-state index < -0.39 is 140 Å². The molecule has 0 unspecified atom stereocenters. The molecule has 8 nitrogen and oxygen atoms in total. The highest BCUT2D eigenvalue weighted by atomic mass is 31.2. The molecule has 8 bridgehead atoms. The molecule has 0 spiro atoms. The van der Waals surface area contributed by atoms with Gasteiger partial charge in [-0.05, 0) is 49.9 Å². The van der Waals surface area contributed by atoms with Crippen molar-refractivity contribution < 1.29 is 103 Å². The maximum atomic E-state index is 15.4. The van der Waals surface area contributed by atoms with E-state index in [-0.39, 0.29) is 95.9 Å². The molecule has 0 fully saturated rings. The van der Waals surface area contributed by atoms with Crippen LogP contribution in [0.25, 0.3) is 0 Å². The summed E-state index contributed by atoms with van der Waals surface area (Å²) in [5.41, 5.74) is -2.38. The summed E-state index contributed by atoms with van der Waals surface area (Å²) < 4.78 is 289. The van der Waals surface area contributed by atoms with Gasteiger partial charge in [0.2, 0.25) is 0 Å². The van der Waals surface area contributed by atoms with E-state index in [0.717, 1.165) is 178 Å². The Morgan fingerprint density at radius 2 is 0.298 bits per heavy atom. The van der Waals surface area contributed by atoms with Gasteiger partial charge in [-0.3, -0.25) is 0 Å². The van der Waals surface area contributed by atoms with Crippen molar-refractivity contribution in [3.05, 3.63) is 93.0 Å². The van der Waals surface area contributed by atoms with Gasteiger partial charge in [0, 0.05) is 92.4 Å². The Morgan fingerprint density at radius 1 is 0.183 bits per heavy atom. The van der Waals surface area contributed by atoms with E-state index in [2.05, 4.69) is 27.7 Å². The first kappa shape index (κ1) is 92.2. The Labute approximate surface area is 617 Å². The van der Waals surface area contributed by atoms with Crippen LogP contribution in [-0.2, 0) is 0 Å². The molecule has 1 aliphatic rings. The number of halogens is 16. The normalized spacial score (nSPS) is 15.4. The van der Waals surface area contributed by atoms with Crippen molar-refractivity contribution in [2.45, 2.75) is 308 Å². The molecule has 0 aromatic heterocycles. The highest BCUT2D eigenvalue weighted by molar-refractivity contribution is 7.42. The predicted octanol–water partition coefficient (Wildman–Crippen LogP) is 36.6. The van der Waals surface area contributed by atoms with E-state index in [0.29, 0.717) is 51.4 Å². The minimum absolute atomic E-state index is 0.180. The van der Waals surface area contributed by atoms with Gasteiger partial charge in [0.05, 0.1) is 0 Å². The highest BCUT2D eigenvalue weighted by Gasteiger charge is 2.39. The van der Waals surface area contributed by atoms with Crippen LogP contribution in [-0.4, -0.2) is 0 Å². The lowest BCUT2D eigenvalue weighted by Gasteiger charge is -2.32. The third-order valence-corrected chi connectivity index (χ3v) is 22.0. The molecule has 5 rings (SSSR count). The van der Waals surface area contributed by atoms with E-state index in [1.54, 1.807) is 0 Å². The fourth-order valence-electron chi connectivity index (χ4n) is 14.3. The van der Waals surface area contributed by atoms with Gasteiger partial charge in [-0.25, -0.2) is 0 Å². The SMILES string of the molecule is CCCCCCCCCCCC1c2cc(c(OP(F)F)cc2OP(F)F)C(CCCCCCCCCCC)c2cc(c(OP(F)F)cc2OP(F)F)C(CCCCCCCCCCC)c2cc(c(OP(F)F)cc2OP(F)F)C(CCCCCCCCCCC)c2cc1c(OP(F)F)cc2OP(F)F. The molecule has 1 aliphatic carbocycles. The molecule has 0 aliphatic heterocycles. The van der Waals surface area contributed by atoms with Crippen LogP contribution in [0.5, 0.6) is 46.0 Å². The van der Waals surface area contributed by atoms with E-state index in [1.807, 2.05) is 0 Å². The van der Waals surface area contributed by atoms with E-state index >= 15 is 67.2 Å². The fourth-order valence-corrected chi connectivity index (χ4v) is 16.8. The van der Waals surface area contributed by atoms with Crippen LogP contribution in [0.15, 0.2) is 48.5 Å². The lowest BCUT2D eigenvalue weighted by atomic mass is 9.76. The van der Waals surface area contributed by atoms with Gasteiger partial charge in [-0.2, -0.15) is 0 Å². The van der Waals surface area contributed by atoms with Crippen LogP contribution < -0.4 is 36.2 Å².